The van der Waals surface area contributed by atoms with Crippen LogP contribution >= 0.6 is 0 Å². The van der Waals surface area contributed by atoms with Gasteiger partial charge in [-0.25, -0.2) is 0 Å². The van der Waals surface area contributed by atoms with Gasteiger partial charge in [-0.2, -0.15) is 0 Å². The first-order valence-electron chi connectivity index (χ1n) is 5.66. The van der Waals surface area contributed by atoms with Crippen LogP contribution in [0.4, 0.5) is 0 Å². The molecule has 1 aromatic heterocycles. The van der Waals surface area contributed by atoms with Crippen LogP contribution in [0.2, 0.25) is 0 Å². The van der Waals surface area contributed by atoms with Crippen molar-refractivity contribution in [1.82, 2.24) is 4.90 Å². The molecule has 1 aliphatic carbocycles. The standard InChI is InChI=1S/C12H17NO3/c1-9(7-12(14)15)13(10-4-5-10)8-11-3-2-6-16-11/h2-3,6,9-10H,4-5,7-8H2,1H3,(H,14,15). The number of carbonyl (C=O) groups is 1. The summed E-state index contributed by atoms with van der Waals surface area (Å²) in [6, 6.07) is 4.40. The number of nitrogens with zero attached hydrogens (tertiary/aromatic N) is 1. The summed E-state index contributed by atoms with van der Waals surface area (Å²) in [5.74, 6) is 0.168. The van der Waals surface area contributed by atoms with E-state index in [-0.39, 0.29) is 12.5 Å². The maximum Gasteiger partial charge on any atom is 0.304 e. The molecule has 1 heterocycles. The number of furan rings is 1. The lowest BCUT2D eigenvalue weighted by Gasteiger charge is -2.27. The van der Waals surface area contributed by atoms with Gasteiger partial charge in [0.25, 0.3) is 0 Å². The highest BCUT2D eigenvalue weighted by atomic mass is 16.4. The normalized spacial score (nSPS) is 17.6. The van der Waals surface area contributed by atoms with E-state index >= 15 is 0 Å². The Balaban J connectivity index is 1.96. The fourth-order valence-corrected chi connectivity index (χ4v) is 2.00. The van der Waals surface area contributed by atoms with Crippen LogP contribution in [0, 0.1) is 0 Å². The van der Waals surface area contributed by atoms with Gasteiger partial charge in [-0.3, -0.25) is 9.69 Å². The Kier molecular flexibility index (Phi) is 3.29. The third-order valence-electron chi connectivity index (χ3n) is 2.97. The first-order chi connectivity index (χ1) is 7.66. The van der Waals surface area contributed by atoms with Crippen LogP contribution in [0.1, 0.15) is 31.9 Å². The fraction of sp³-hybridized carbons (Fsp3) is 0.583. The molecule has 0 bridgehead atoms. The van der Waals surface area contributed by atoms with Gasteiger partial charge in [0.15, 0.2) is 0 Å². The molecule has 2 rings (SSSR count). The first kappa shape index (κ1) is 11.2. The Morgan fingerprint density at radius 1 is 1.69 bits per heavy atom. The fourth-order valence-electron chi connectivity index (χ4n) is 2.00. The summed E-state index contributed by atoms with van der Waals surface area (Å²) >= 11 is 0. The topological polar surface area (TPSA) is 53.7 Å². The second-order valence-corrected chi connectivity index (χ2v) is 4.43. The summed E-state index contributed by atoms with van der Waals surface area (Å²) in [5, 5.41) is 8.81. The Bertz CT molecular complexity index is 343. The highest BCUT2D eigenvalue weighted by Crippen LogP contribution is 2.30. The van der Waals surface area contributed by atoms with Gasteiger partial charge in [0.05, 0.1) is 19.2 Å². The van der Waals surface area contributed by atoms with E-state index in [0.717, 1.165) is 5.76 Å². The highest BCUT2D eigenvalue weighted by molar-refractivity contribution is 5.67. The van der Waals surface area contributed by atoms with E-state index in [1.807, 2.05) is 19.1 Å². The van der Waals surface area contributed by atoms with Crippen LogP contribution < -0.4 is 0 Å². The van der Waals surface area contributed by atoms with Gasteiger partial charge in [-0.05, 0) is 31.9 Å². The van der Waals surface area contributed by atoms with Crippen molar-refractivity contribution in [3.8, 4) is 0 Å². The third-order valence-corrected chi connectivity index (χ3v) is 2.97. The first-order valence-corrected chi connectivity index (χ1v) is 5.66. The van der Waals surface area contributed by atoms with E-state index in [0.29, 0.717) is 12.6 Å². The lowest BCUT2D eigenvalue weighted by Crippen LogP contribution is -2.35. The number of rotatable bonds is 6. The number of hydrogen-bond donors (Lipinski definition) is 1. The molecule has 88 valence electrons. The maximum atomic E-state index is 10.7. The minimum atomic E-state index is -0.738. The second-order valence-electron chi connectivity index (χ2n) is 4.43. The quantitative estimate of drug-likeness (QED) is 0.802. The van der Waals surface area contributed by atoms with Crippen molar-refractivity contribution < 1.29 is 14.3 Å². The smallest absolute Gasteiger partial charge is 0.304 e. The van der Waals surface area contributed by atoms with Crippen LogP contribution in [0.15, 0.2) is 22.8 Å². The number of carboxylic acids is 1. The number of aliphatic carboxylic acids is 1. The van der Waals surface area contributed by atoms with Gasteiger partial charge in [-0.15, -0.1) is 0 Å². The molecule has 0 radical (unpaired) electrons. The number of carboxylic acid groups (broad SMARTS) is 1. The molecule has 4 heteroatoms. The molecule has 1 aromatic rings. The van der Waals surface area contributed by atoms with Gasteiger partial charge < -0.3 is 9.52 Å². The largest absolute Gasteiger partial charge is 0.481 e. The van der Waals surface area contributed by atoms with Gasteiger partial charge in [0.1, 0.15) is 5.76 Å². The lowest BCUT2D eigenvalue weighted by molar-refractivity contribution is -0.138. The Labute approximate surface area is 94.9 Å². The third kappa shape index (κ3) is 2.85. The molecular weight excluding hydrogens is 206 g/mol. The van der Waals surface area contributed by atoms with Gasteiger partial charge in [-0.1, -0.05) is 0 Å². The molecule has 1 fully saturated rings. The summed E-state index contributed by atoms with van der Waals surface area (Å²) in [7, 11) is 0. The zero-order valence-electron chi connectivity index (χ0n) is 9.43. The Morgan fingerprint density at radius 3 is 2.94 bits per heavy atom. The van der Waals surface area contributed by atoms with Crippen molar-refractivity contribution in [3.63, 3.8) is 0 Å². The van der Waals surface area contributed by atoms with Crippen molar-refractivity contribution in [2.75, 3.05) is 0 Å². The summed E-state index contributed by atoms with van der Waals surface area (Å²) < 4.78 is 5.31. The van der Waals surface area contributed by atoms with E-state index in [1.54, 1.807) is 6.26 Å². The van der Waals surface area contributed by atoms with E-state index < -0.39 is 5.97 Å². The summed E-state index contributed by atoms with van der Waals surface area (Å²) in [4.78, 5) is 12.9. The lowest BCUT2D eigenvalue weighted by atomic mass is 10.2. The Hall–Kier alpha value is -1.29. The molecule has 0 amide bonds. The van der Waals surface area contributed by atoms with Gasteiger partial charge in [0, 0.05) is 12.1 Å². The molecule has 0 aliphatic heterocycles. The SMILES string of the molecule is CC(CC(=O)O)N(Cc1ccco1)C1CC1. The highest BCUT2D eigenvalue weighted by Gasteiger charge is 2.33. The van der Waals surface area contributed by atoms with E-state index in [2.05, 4.69) is 4.90 Å². The van der Waals surface area contributed by atoms with Crippen molar-refractivity contribution in [2.24, 2.45) is 0 Å². The van der Waals surface area contributed by atoms with Crippen LogP contribution in [0.3, 0.4) is 0 Å². The average molecular weight is 223 g/mol. The van der Waals surface area contributed by atoms with Crippen LogP contribution in [-0.2, 0) is 11.3 Å². The molecule has 1 aliphatic rings. The summed E-state index contributed by atoms with van der Waals surface area (Å²) in [6.07, 6.45) is 4.19. The maximum absolute atomic E-state index is 10.7. The second kappa shape index (κ2) is 4.70. The molecule has 0 spiro atoms. The van der Waals surface area contributed by atoms with Crippen LogP contribution in [0.5, 0.6) is 0 Å². The molecular formula is C12H17NO3. The molecule has 1 saturated carbocycles. The summed E-state index contributed by atoms with van der Waals surface area (Å²) in [6.45, 7) is 2.68. The van der Waals surface area contributed by atoms with E-state index in [1.165, 1.54) is 12.8 Å². The van der Waals surface area contributed by atoms with Gasteiger partial charge >= 0.3 is 5.97 Å². The molecule has 4 nitrogen and oxygen atoms in total. The predicted molar refractivity (Wildman–Crippen MR) is 59.0 cm³/mol. The average Bonchev–Trinajstić information content (AvgIpc) is 2.91. The van der Waals surface area contributed by atoms with Crippen LogP contribution in [0.25, 0.3) is 0 Å². The molecule has 1 unspecified atom stereocenters. The predicted octanol–water partition coefficient (Wildman–Crippen LogP) is 2.11. The van der Waals surface area contributed by atoms with Gasteiger partial charge in [0.2, 0.25) is 0 Å². The van der Waals surface area contributed by atoms with Crippen molar-refractivity contribution in [1.29, 1.82) is 0 Å². The molecule has 16 heavy (non-hydrogen) atoms. The van der Waals surface area contributed by atoms with Crippen molar-refractivity contribution >= 4 is 5.97 Å². The minimum Gasteiger partial charge on any atom is -0.481 e. The van der Waals surface area contributed by atoms with Crippen LogP contribution in [-0.4, -0.2) is 28.1 Å². The van der Waals surface area contributed by atoms with Crippen molar-refractivity contribution in [2.45, 2.75) is 44.8 Å². The molecule has 1 atom stereocenters. The summed E-state index contributed by atoms with van der Waals surface area (Å²) in [5.41, 5.74) is 0. The Morgan fingerprint density at radius 2 is 2.44 bits per heavy atom. The molecule has 0 saturated heterocycles. The number of hydrogen-bond acceptors (Lipinski definition) is 3. The van der Waals surface area contributed by atoms with Crippen molar-refractivity contribution in [3.05, 3.63) is 24.2 Å². The molecule has 1 N–H and O–H groups in total. The zero-order valence-corrected chi connectivity index (χ0v) is 9.43. The minimum absolute atomic E-state index is 0.0649. The monoisotopic (exact) mass is 223 g/mol. The van der Waals surface area contributed by atoms with E-state index in [9.17, 15) is 4.79 Å². The molecule has 0 aromatic carbocycles. The zero-order chi connectivity index (χ0) is 11.5. The van der Waals surface area contributed by atoms with E-state index in [4.69, 9.17) is 9.52 Å².